The van der Waals surface area contributed by atoms with Crippen molar-refractivity contribution in [2.75, 3.05) is 10.2 Å². The minimum absolute atomic E-state index is 0.0989. The van der Waals surface area contributed by atoms with Gasteiger partial charge in [0, 0.05) is 34.7 Å². The van der Waals surface area contributed by atoms with Crippen LogP contribution in [0.5, 0.6) is 11.5 Å². The monoisotopic (exact) mass is 647 g/mol. The summed E-state index contributed by atoms with van der Waals surface area (Å²) >= 11 is 4.56. The first-order chi connectivity index (χ1) is 20.1. The summed E-state index contributed by atoms with van der Waals surface area (Å²) in [6.45, 7) is 4.22. The van der Waals surface area contributed by atoms with E-state index in [-0.39, 0.29) is 52.5 Å². The number of phenolic OH excluding ortho intramolecular Hbond substituents is 1. The van der Waals surface area contributed by atoms with Crippen molar-refractivity contribution in [2.24, 2.45) is 5.41 Å². The standard InChI is InChI=1S/C32H27BrFN3O4S/c1-32(2)14-22-27(26(39)15-32)29(20-12-11-19(13-21(20)34)41-16-18-7-4-3-5-8-18)37(30(40)23-17-42-31(33)36-23)24-9-6-10-25(38)28(24)35-22/h3-13,17,29,35,38H,14-16H2,1-2H3. The van der Waals surface area contributed by atoms with E-state index in [0.717, 1.165) is 5.56 Å². The lowest BCUT2D eigenvalue weighted by Crippen LogP contribution is -2.40. The quantitative estimate of drug-likeness (QED) is 0.215. The molecule has 6 rings (SSSR count). The highest BCUT2D eigenvalue weighted by Gasteiger charge is 2.45. The molecule has 1 atom stereocenters. The number of anilines is 2. The van der Waals surface area contributed by atoms with Gasteiger partial charge in [-0.2, -0.15) is 0 Å². The van der Waals surface area contributed by atoms with Crippen LogP contribution in [0.4, 0.5) is 15.8 Å². The number of phenols is 1. The molecule has 0 bridgehead atoms. The number of ether oxygens (including phenoxy) is 1. The van der Waals surface area contributed by atoms with E-state index < -0.39 is 17.8 Å². The predicted octanol–water partition coefficient (Wildman–Crippen LogP) is 7.79. The van der Waals surface area contributed by atoms with Gasteiger partial charge in [0.1, 0.15) is 35.3 Å². The Balaban J connectivity index is 1.52. The van der Waals surface area contributed by atoms with Crippen molar-refractivity contribution in [3.05, 3.63) is 110 Å². The third-order valence-electron chi connectivity index (χ3n) is 7.44. The Labute approximate surface area is 254 Å². The van der Waals surface area contributed by atoms with Crippen molar-refractivity contribution in [3.63, 3.8) is 0 Å². The van der Waals surface area contributed by atoms with Crippen molar-refractivity contribution in [3.8, 4) is 11.5 Å². The molecule has 7 nitrogen and oxygen atoms in total. The van der Waals surface area contributed by atoms with Crippen LogP contribution in [0.15, 0.2) is 87.3 Å². The molecule has 0 radical (unpaired) electrons. The molecular formula is C32H27BrFN3O4S. The second kappa shape index (κ2) is 11.0. The third-order valence-corrected chi connectivity index (χ3v) is 8.80. The number of Topliss-reactive ketones (excluding diaryl/α,β-unsaturated/α-hetero) is 1. The topological polar surface area (TPSA) is 91.8 Å². The van der Waals surface area contributed by atoms with Crippen molar-refractivity contribution in [1.82, 2.24) is 4.98 Å². The molecule has 1 amide bonds. The van der Waals surface area contributed by atoms with Gasteiger partial charge in [-0.15, -0.1) is 11.3 Å². The number of benzene rings is 3. The first-order valence-electron chi connectivity index (χ1n) is 13.4. The maximum absolute atomic E-state index is 16.2. The lowest BCUT2D eigenvalue weighted by molar-refractivity contribution is -0.118. The second-order valence-electron chi connectivity index (χ2n) is 11.2. The molecule has 0 fully saturated rings. The maximum Gasteiger partial charge on any atom is 0.278 e. The summed E-state index contributed by atoms with van der Waals surface area (Å²) in [5, 5.41) is 15.8. The molecule has 42 heavy (non-hydrogen) atoms. The fourth-order valence-corrected chi connectivity index (χ4v) is 6.58. The summed E-state index contributed by atoms with van der Waals surface area (Å²) in [6, 6.07) is 17.7. The number of aromatic nitrogens is 1. The fourth-order valence-electron chi connectivity index (χ4n) is 5.59. The van der Waals surface area contributed by atoms with Crippen LogP contribution in [-0.2, 0) is 11.4 Å². The zero-order valence-electron chi connectivity index (χ0n) is 22.9. The molecule has 1 aliphatic heterocycles. The number of thiazole rings is 1. The summed E-state index contributed by atoms with van der Waals surface area (Å²) in [5.74, 6) is -1.15. The summed E-state index contributed by atoms with van der Waals surface area (Å²) < 4.78 is 22.5. The average Bonchev–Trinajstić information content (AvgIpc) is 3.32. The van der Waals surface area contributed by atoms with Gasteiger partial charge in [-0.1, -0.05) is 50.2 Å². The molecule has 3 aromatic carbocycles. The molecule has 4 aromatic rings. The zero-order valence-corrected chi connectivity index (χ0v) is 25.3. The largest absolute Gasteiger partial charge is 0.506 e. The minimum Gasteiger partial charge on any atom is -0.506 e. The van der Waals surface area contributed by atoms with Crippen LogP contribution in [0.25, 0.3) is 0 Å². The molecule has 1 aliphatic carbocycles. The van der Waals surface area contributed by atoms with E-state index in [1.807, 2.05) is 44.2 Å². The zero-order chi connectivity index (χ0) is 29.6. The van der Waals surface area contributed by atoms with Gasteiger partial charge >= 0.3 is 0 Å². The van der Waals surface area contributed by atoms with Crippen molar-refractivity contribution >= 4 is 50.3 Å². The molecule has 1 unspecified atom stereocenters. The van der Waals surface area contributed by atoms with Gasteiger partial charge in [0.05, 0.1) is 11.7 Å². The number of fused-ring (bicyclic) bond motifs is 1. The number of rotatable bonds is 5. The number of carbonyl (C=O) groups excluding carboxylic acids is 2. The first-order valence-corrected chi connectivity index (χ1v) is 15.0. The van der Waals surface area contributed by atoms with Crippen molar-refractivity contribution in [2.45, 2.75) is 39.3 Å². The van der Waals surface area contributed by atoms with Gasteiger partial charge in [-0.05, 0) is 57.6 Å². The average molecular weight is 649 g/mol. The summed E-state index contributed by atoms with van der Waals surface area (Å²) in [4.78, 5) is 33.8. The maximum atomic E-state index is 16.2. The Morgan fingerprint density at radius 3 is 2.67 bits per heavy atom. The smallest absolute Gasteiger partial charge is 0.278 e. The SMILES string of the molecule is CC1(C)CC(=O)C2=C(C1)Nc1c(O)cccc1N(C(=O)c1csc(Br)n1)C2c1ccc(OCc2ccccc2)cc1F. The van der Waals surface area contributed by atoms with Crippen LogP contribution >= 0.6 is 27.3 Å². The molecular weight excluding hydrogens is 621 g/mol. The van der Waals surface area contributed by atoms with Gasteiger partial charge in [0.2, 0.25) is 0 Å². The third kappa shape index (κ3) is 5.32. The number of allylic oxidation sites excluding steroid dienone is 1. The number of ketones is 1. The Morgan fingerprint density at radius 1 is 1.17 bits per heavy atom. The van der Waals surface area contributed by atoms with E-state index in [1.165, 1.54) is 28.4 Å². The first kappa shape index (κ1) is 28.1. The normalized spacial score (nSPS) is 17.7. The highest BCUT2D eigenvalue weighted by Crippen LogP contribution is 2.51. The summed E-state index contributed by atoms with van der Waals surface area (Å²) in [6.07, 6.45) is 0.680. The van der Waals surface area contributed by atoms with Crippen molar-refractivity contribution in [1.29, 1.82) is 0 Å². The number of halogens is 2. The van der Waals surface area contributed by atoms with Crippen LogP contribution < -0.4 is 15.0 Å². The molecule has 10 heteroatoms. The Hall–Kier alpha value is -4.02. The van der Waals surface area contributed by atoms with E-state index in [9.17, 15) is 14.7 Å². The molecule has 214 valence electrons. The summed E-state index contributed by atoms with van der Waals surface area (Å²) in [7, 11) is 0. The van der Waals surface area contributed by atoms with E-state index >= 15 is 4.39 Å². The molecule has 2 aliphatic rings. The van der Waals surface area contributed by atoms with Crippen LogP contribution in [0.2, 0.25) is 0 Å². The van der Waals surface area contributed by atoms with Gasteiger partial charge in [-0.25, -0.2) is 9.37 Å². The molecule has 0 spiro atoms. The van der Waals surface area contributed by atoms with E-state index in [1.54, 1.807) is 29.6 Å². The summed E-state index contributed by atoms with van der Waals surface area (Å²) in [5.41, 5.74) is 2.20. The van der Waals surface area contributed by atoms with Gasteiger partial charge in [0.25, 0.3) is 5.91 Å². The molecule has 1 aromatic heterocycles. The lowest BCUT2D eigenvalue weighted by atomic mass is 9.73. The van der Waals surface area contributed by atoms with Gasteiger partial charge in [-0.3, -0.25) is 14.5 Å². The number of para-hydroxylation sites is 1. The molecule has 2 heterocycles. The molecule has 0 saturated heterocycles. The van der Waals surface area contributed by atoms with E-state index in [4.69, 9.17) is 4.74 Å². The minimum atomic E-state index is -1.13. The Bertz CT molecular complexity index is 1740. The van der Waals surface area contributed by atoms with E-state index in [0.29, 0.717) is 27.5 Å². The van der Waals surface area contributed by atoms with Crippen LogP contribution in [-0.4, -0.2) is 21.8 Å². The molecule has 0 saturated carbocycles. The number of hydrogen-bond acceptors (Lipinski definition) is 7. The van der Waals surface area contributed by atoms with Crippen LogP contribution in [0, 0.1) is 11.2 Å². The van der Waals surface area contributed by atoms with Gasteiger partial charge in [0.15, 0.2) is 9.70 Å². The Kier molecular flexibility index (Phi) is 7.36. The fraction of sp³-hybridized carbons (Fsp3) is 0.219. The number of carbonyl (C=O) groups is 2. The van der Waals surface area contributed by atoms with Crippen LogP contribution in [0.1, 0.15) is 54.3 Å². The highest BCUT2D eigenvalue weighted by atomic mass is 79.9. The van der Waals surface area contributed by atoms with Crippen molar-refractivity contribution < 1.29 is 23.8 Å². The van der Waals surface area contributed by atoms with Crippen LogP contribution in [0.3, 0.4) is 0 Å². The predicted molar refractivity (Wildman–Crippen MR) is 163 cm³/mol. The number of hydrogen-bond donors (Lipinski definition) is 2. The number of nitrogens with one attached hydrogen (secondary N) is 1. The highest BCUT2D eigenvalue weighted by molar-refractivity contribution is 9.11. The number of amides is 1. The Morgan fingerprint density at radius 2 is 1.95 bits per heavy atom. The molecule has 2 N–H and O–H groups in total. The number of aromatic hydroxyl groups is 1. The van der Waals surface area contributed by atoms with E-state index in [2.05, 4.69) is 26.2 Å². The second-order valence-corrected chi connectivity index (χ2v) is 13.3. The lowest BCUT2D eigenvalue weighted by Gasteiger charge is -2.37. The number of nitrogens with zero attached hydrogens (tertiary/aromatic N) is 2. The van der Waals surface area contributed by atoms with Gasteiger partial charge < -0.3 is 15.2 Å².